The molecule has 5 aliphatic heterocycles. The molecule has 6 bridgehead atoms. The molecule has 0 saturated heterocycles. The smallest absolute Gasteiger partial charge is 0.231 e. The van der Waals surface area contributed by atoms with Gasteiger partial charge in [-0.3, -0.25) is 4.90 Å². The van der Waals surface area contributed by atoms with Crippen LogP contribution in [0.4, 0.5) is 0 Å². The van der Waals surface area contributed by atoms with Crippen LogP contribution in [-0.4, -0.2) is 46.0 Å². The Kier molecular flexibility index (Phi) is 6.76. The monoisotopic (exact) mass is 592 g/mol. The average molecular weight is 593 g/mol. The van der Waals surface area contributed by atoms with Crippen molar-refractivity contribution in [3.05, 3.63) is 94.0 Å². The Morgan fingerprint density at radius 1 is 0.750 bits per heavy atom. The summed E-state index contributed by atoms with van der Waals surface area (Å²) in [6, 6.07) is 21.1. The highest BCUT2D eigenvalue weighted by atomic mass is 16.7. The lowest BCUT2D eigenvalue weighted by Gasteiger charge is -2.36. The minimum atomic E-state index is 0.0215. The fourth-order valence-electron chi connectivity index (χ4n) is 7.08. The Labute approximate surface area is 257 Å². The van der Waals surface area contributed by atoms with E-state index in [4.69, 9.17) is 28.4 Å². The van der Waals surface area contributed by atoms with E-state index in [0.29, 0.717) is 34.5 Å². The molecule has 44 heavy (non-hydrogen) atoms. The number of hydrogen-bond acceptors (Lipinski definition) is 8. The molecule has 0 saturated carbocycles. The van der Waals surface area contributed by atoms with E-state index in [2.05, 4.69) is 59.7 Å². The quantitative estimate of drug-likeness (QED) is 0.282. The lowest BCUT2D eigenvalue weighted by molar-refractivity contribution is 0.171. The summed E-state index contributed by atoms with van der Waals surface area (Å²) in [5, 5.41) is 3.75. The third-order valence-corrected chi connectivity index (χ3v) is 9.39. The van der Waals surface area contributed by atoms with Crippen molar-refractivity contribution in [2.24, 2.45) is 0 Å². The van der Waals surface area contributed by atoms with E-state index < -0.39 is 0 Å². The molecule has 226 valence electrons. The molecular formula is C36H36N2O6. The molecule has 8 nitrogen and oxygen atoms in total. The summed E-state index contributed by atoms with van der Waals surface area (Å²) < 4.78 is 36.9. The van der Waals surface area contributed by atoms with E-state index in [-0.39, 0.29) is 18.9 Å². The normalized spacial score (nSPS) is 20.1. The van der Waals surface area contributed by atoms with E-state index in [1.54, 1.807) is 14.2 Å². The van der Waals surface area contributed by atoms with Crippen LogP contribution in [0.15, 0.2) is 60.7 Å². The Hall–Kier alpha value is -4.40. The third-order valence-electron chi connectivity index (χ3n) is 9.39. The van der Waals surface area contributed by atoms with E-state index in [0.717, 1.165) is 61.4 Å². The van der Waals surface area contributed by atoms with E-state index in [1.165, 1.54) is 22.3 Å². The highest BCUT2D eigenvalue weighted by molar-refractivity contribution is 5.64. The molecule has 0 aromatic heterocycles. The second-order valence-electron chi connectivity index (χ2n) is 12.0. The van der Waals surface area contributed by atoms with E-state index in [1.807, 2.05) is 18.2 Å². The first-order valence-electron chi connectivity index (χ1n) is 15.3. The van der Waals surface area contributed by atoms with Gasteiger partial charge >= 0.3 is 0 Å². The van der Waals surface area contributed by atoms with Gasteiger partial charge in [0.05, 0.1) is 14.2 Å². The summed E-state index contributed by atoms with van der Waals surface area (Å²) in [6.07, 6.45) is 3.38. The first kappa shape index (κ1) is 27.2. The topological polar surface area (TPSA) is 70.7 Å². The molecule has 1 N–H and O–H groups in total. The van der Waals surface area contributed by atoms with Crippen molar-refractivity contribution in [3.63, 3.8) is 0 Å². The van der Waals surface area contributed by atoms with Crippen LogP contribution < -0.4 is 33.7 Å². The van der Waals surface area contributed by atoms with Gasteiger partial charge in [0.1, 0.15) is 5.75 Å². The lowest BCUT2D eigenvalue weighted by Crippen LogP contribution is -2.33. The van der Waals surface area contributed by atoms with Gasteiger partial charge in [0, 0.05) is 24.2 Å². The summed E-state index contributed by atoms with van der Waals surface area (Å²) in [7, 11) is 5.57. The molecule has 0 fully saturated rings. The number of fused-ring (bicyclic) bond motifs is 3. The summed E-state index contributed by atoms with van der Waals surface area (Å²) in [4.78, 5) is 2.42. The number of nitrogens with one attached hydrogen (secondary N) is 1. The Morgan fingerprint density at radius 3 is 2.41 bits per heavy atom. The molecule has 4 aromatic rings. The molecular weight excluding hydrogens is 556 g/mol. The maximum Gasteiger partial charge on any atom is 0.231 e. The van der Waals surface area contributed by atoms with Crippen LogP contribution in [0, 0.1) is 0 Å². The SMILES string of the molecule is COc1ccc2cc1Oc1ccc(cc1)C[C@@H]1NCCc3cc4c(c(c31)Oc1cc3c(cc1OC)CCN(C)[C@@H]3C2)OCO4. The summed E-state index contributed by atoms with van der Waals surface area (Å²) >= 11 is 0. The molecule has 2 atom stereocenters. The molecule has 0 unspecified atom stereocenters. The van der Waals surface area contributed by atoms with Crippen LogP contribution in [-0.2, 0) is 25.7 Å². The first-order valence-corrected chi connectivity index (χ1v) is 15.3. The highest BCUT2D eigenvalue weighted by Crippen LogP contribution is 2.52. The van der Waals surface area contributed by atoms with Crippen molar-refractivity contribution in [1.29, 1.82) is 0 Å². The van der Waals surface area contributed by atoms with Crippen LogP contribution in [0.1, 0.15) is 45.5 Å². The fourth-order valence-corrected chi connectivity index (χ4v) is 7.08. The van der Waals surface area contributed by atoms with Crippen molar-refractivity contribution >= 4 is 0 Å². The average Bonchev–Trinajstić information content (AvgIpc) is 3.51. The van der Waals surface area contributed by atoms with Crippen molar-refractivity contribution in [1.82, 2.24) is 10.2 Å². The predicted molar refractivity (Wildman–Crippen MR) is 166 cm³/mol. The van der Waals surface area contributed by atoms with Gasteiger partial charge in [-0.05, 0) is 110 Å². The van der Waals surface area contributed by atoms with Crippen LogP contribution >= 0.6 is 0 Å². The summed E-state index contributed by atoms with van der Waals surface area (Å²) in [5.74, 6) is 5.65. The number of ether oxygens (including phenoxy) is 6. The van der Waals surface area contributed by atoms with Crippen LogP contribution in [0.3, 0.4) is 0 Å². The van der Waals surface area contributed by atoms with Gasteiger partial charge in [0.2, 0.25) is 12.5 Å². The molecule has 5 heterocycles. The van der Waals surface area contributed by atoms with Crippen molar-refractivity contribution in [2.45, 2.75) is 37.8 Å². The minimum absolute atomic E-state index is 0.0215. The first-order chi connectivity index (χ1) is 21.6. The molecule has 0 radical (unpaired) electrons. The molecule has 4 aromatic carbocycles. The molecule has 0 spiro atoms. The molecule has 8 heteroatoms. The Morgan fingerprint density at radius 2 is 1.57 bits per heavy atom. The van der Waals surface area contributed by atoms with Gasteiger partial charge in [0.15, 0.2) is 34.5 Å². The zero-order valence-corrected chi connectivity index (χ0v) is 25.3. The van der Waals surface area contributed by atoms with Gasteiger partial charge in [-0.15, -0.1) is 0 Å². The summed E-state index contributed by atoms with van der Waals surface area (Å²) in [6.45, 7) is 1.99. The van der Waals surface area contributed by atoms with Gasteiger partial charge in [-0.25, -0.2) is 0 Å². The molecule has 9 rings (SSSR count). The second kappa shape index (κ2) is 10.9. The number of likely N-dealkylation sites (N-methyl/N-ethyl adjacent to an activating group) is 1. The van der Waals surface area contributed by atoms with E-state index >= 15 is 0 Å². The maximum atomic E-state index is 6.94. The maximum absolute atomic E-state index is 6.94. The standard InChI is InChI=1S/C36H36N2O6/c1-38-13-11-23-17-30(40-3)32-19-26(23)28(38)15-22-6-9-29(39-2)31(16-22)43-25-7-4-21(5-8-25)14-27-34-24(10-12-37-27)18-33-35(36(34)44-32)42-20-41-33/h4-9,16-19,27-28,37H,10-15,20H2,1-3H3/t27-,28+/m0/s1. The second-order valence-corrected chi connectivity index (χ2v) is 12.0. The lowest BCUT2D eigenvalue weighted by atomic mass is 9.88. The molecule has 0 amide bonds. The minimum Gasteiger partial charge on any atom is -0.493 e. The largest absolute Gasteiger partial charge is 0.493 e. The number of rotatable bonds is 2. The van der Waals surface area contributed by atoms with Gasteiger partial charge in [0.25, 0.3) is 0 Å². The van der Waals surface area contributed by atoms with Crippen molar-refractivity contribution in [2.75, 3.05) is 41.1 Å². The van der Waals surface area contributed by atoms with Crippen LogP contribution in [0.5, 0.6) is 46.0 Å². The number of nitrogens with zero attached hydrogens (tertiary/aromatic N) is 1. The van der Waals surface area contributed by atoms with Crippen molar-refractivity contribution < 1.29 is 28.4 Å². The van der Waals surface area contributed by atoms with Crippen molar-refractivity contribution in [3.8, 4) is 46.0 Å². The van der Waals surface area contributed by atoms with Gasteiger partial charge in [-0.1, -0.05) is 18.2 Å². The Bertz CT molecular complexity index is 1740. The molecule has 0 aliphatic carbocycles. The Balaban J connectivity index is 1.32. The highest BCUT2D eigenvalue weighted by Gasteiger charge is 2.34. The zero-order chi connectivity index (χ0) is 29.8. The molecule has 5 aliphatic rings. The number of hydrogen-bond donors (Lipinski definition) is 1. The number of methoxy groups -OCH3 is 2. The summed E-state index contributed by atoms with van der Waals surface area (Å²) in [5.41, 5.74) is 7.17. The van der Waals surface area contributed by atoms with Gasteiger partial charge < -0.3 is 33.7 Å². The van der Waals surface area contributed by atoms with Crippen LogP contribution in [0.25, 0.3) is 0 Å². The van der Waals surface area contributed by atoms with Gasteiger partial charge in [-0.2, -0.15) is 0 Å². The van der Waals surface area contributed by atoms with Crippen LogP contribution in [0.2, 0.25) is 0 Å². The van der Waals surface area contributed by atoms with E-state index in [9.17, 15) is 0 Å². The predicted octanol–water partition coefficient (Wildman–Crippen LogP) is 6.53. The fraction of sp³-hybridized carbons (Fsp3) is 0.333. The number of benzene rings is 4. The zero-order valence-electron chi connectivity index (χ0n) is 25.3. The third kappa shape index (κ3) is 4.69.